The second-order valence-electron chi connectivity index (χ2n) is 6.12. The number of nitrogens with zero attached hydrogens (tertiary/aromatic N) is 2. The number of nitrogens with one attached hydrogen (secondary N) is 1. The van der Waals surface area contributed by atoms with Crippen molar-refractivity contribution in [2.45, 2.75) is 6.10 Å². The van der Waals surface area contributed by atoms with Crippen LogP contribution in [0.5, 0.6) is 0 Å². The number of aromatic nitrogens is 2. The fourth-order valence-electron chi connectivity index (χ4n) is 3.13. The van der Waals surface area contributed by atoms with Crippen LogP contribution in [0.15, 0.2) is 53.7 Å². The molecule has 132 valence electrons. The Balaban J connectivity index is 1.63. The van der Waals surface area contributed by atoms with Crippen LogP contribution in [-0.2, 0) is 4.74 Å². The number of hydrogen-bond acceptors (Lipinski definition) is 4. The van der Waals surface area contributed by atoms with Gasteiger partial charge in [-0.05, 0) is 24.3 Å². The number of aromatic amines is 1. The first-order chi connectivity index (χ1) is 12.6. The van der Waals surface area contributed by atoms with Gasteiger partial charge in [-0.3, -0.25) is 14.6 Å². The Kier molecular flexibility index (Phi) is 4.44. The maximum Gasteiger partial charge on any atom is 0.259 e. The van der Waals surface area contributed by atoms with Crippen LogP contribution >= 0.6 is 11.6 Å². The lowest BCUT2D eigenvalue weighted by molar-refractivity contribution is -0.0230. The van der Waals surface area contributed by atoms with Gasteiger partial charge in [-0.15, -0.1) is 0 Å². The highest BCUT2D eigenvalue weighted by Crippen LogP contribution is 2.22. The zero-order valence-corrected chi connectivity index (χ0v) is 14.6. The van der Waals surface area contributed by atoms with Gasteiger partial charge >= 0.3 is 0 Å². The molecule has 1 N–H and O–H groups in total. The van der Waals surface area contributed by atoms with Gasteiger partial charge in [0.2, 0.25) is 5.43 Å². The zero-order chi connectivity index (χ0) is 18.1. The fraction of sp³-hybridized carbons (Fsp3) is 0.211. The molecular formula is C19H16ClN3O3. The maximum absolute atomic E-state index is 12.9. The lowest BCUT2D eigenvalue weighted by atomic mass is 10.1. The molecule has 1 amide bonds. The highest BCUT2D eigenvalue weighted by atomic mass is 35.5. The Morgan fingerprint density at radius 3 is 3.04 bits per heavy atom. The summed E-state index contributed by atoms with van der Waals surface area (Å²) in [5.41, 5.74) is 1.33. The topological polar surface area (TPSA) is 75.3 Å². The SMILES string of the molecule is O=C(c1c[nH]c2cc(Cl)ccc2c1=O)N1CCO[C@@H](c2cccnc2)C1. The van der Waals surface area contributed by atoms with Crippen molar-refractivity contribution in [3.63, 3.8) is 0 Å². The quantitative estimate of drug-likeness (QED) is 0.753. The van der Waals surface area contributed by atoms with Crippen molar-refractivity contribution in [3.05, 3.63) is 75.3 Å². The number of hydrogen-bond donors (Lipinski definition) is 1. The Labute approximate surface area is 154 Å². The third-order valence-electron chi connectivity index (χ3n) is 4.48. The Morgan fingerprint density at radius 1 is 1.35 bits per heavy atom. The summed E-state index contributed by atoms with van der Waals surface area (Å²) < 4.78 is 5.76. The van der Waals surface area contributed by atoms with E-state index in [-0.39, 0.29) is 23.0 Å². The van der Waals surface area contributed by atoms with E-state index in [4.69, 9.17) is 16.3 Å². The molecule has 1 aliphatic rings. The molecule has 1 aliphatic heterocycles. The standard InChI is InChI=1S/C19H16ClN3O3/c20-13-3-4-14-16(8-13)22-10-15(18(14)24)19(25)23-6-7-26-17(11-23)12-2-1-5-21-9-12/h1-5,8-10,17H,6-7,11H2,(H,22,24)/t17-/m1/s1. The molecule has 0 spiro atoms. The van der Waals surface area contributed by atoms with E-state index in [0.717, 1.165) is 5.56 Å². The van der Waals surface area contributed by atoms with Crippen LogP contribution in [-0.4, -0.2) is 40.5 Å². The minimum atomic E-state index is -0.305. The average molecular weight is 370 g/mol. The Hall–Kier alpha value is -2.70. The van der Waals surface area contributed by atoms with E-state index in [9.17, 15) is 9.59 Å². The maximum atomic E-state index is 12.9. The summed E-state index contributed by atoms with van der Waals surface area (Å²) in [7, 11) is 0. The predicted molar refractivity (Wildman–Crippen MR) is 98.4 cm³/mol. The van der Waals surface area contributed by atoms with E-state index in [1.54, 1.807) is 35.5 Å². The molecule has 1 saturated heterocycles. The van der Waals surface area contributed by atoms with Gasteiger partial charge in [0.15, 0.2) is 0 Å². The second kappa shape index (κ2) is 6.90. The Morgan fingerprint density at radius 2 is 2.23 bits per heavy atom. The van der Waals surface area contributed by atoms with Crippen LogP contribution in [0, 0.1) is 0 Å². The van der Waals surface area contributed by atoms with Crippen LogP contribution < -0.4 is 5.43 Å². The first kappa shape index (κ1) is 16.8. The van der Waals surface area contributed by atoms with Crippen molar-refractivity contribution in [1.29, 1.82) is 0 Å². The number of amides is 1. The smallest absolute Gasteiger partial charge is 0.259 e. The molecule has 7 heteroatoms. The minimum absolute atomic E-state index is 0.117. The van der Waals surface area contributed by atoms with Crippen LogP contribution in [0.25, 0.3) is 10.9 Å². The zero-order valence-electron chi connectivity index (χ0n) is 13.8. The van der Waals surface area contributed by atoms with Crippen LogP contribution in [0.4, 0.5) is 0 Å². The minimum Gasteiger partial charge on any atom is -0.370 e. The summed E-state index contributed by atoms with van der Waals surface area (Å²) >= 11 is 5.95. The van der Waals surface area contributed by atoms with Gasteiger partial charge in [-0.1, -0.05) is 17.7 Å². The largest absolute Gasteiger partial charge is 0.370 e. The van der Waals surface area contributed by atoms with E-state index in [1.165, 1.54) is 6.20 Å². The number of H-pyrrole nitrogens is 1. The first-order valence-electron chi connectivity index (χ1n) is 8.25. The van der Waals surface area contributed by atoms with E-state index in [2.05, 4.69) is 9.97 Å². The van der Waals surface area contributed by atoms with E-state index >= 15 is 0 Å². The number of fused-ring (bicyclic) bond motifs is 1. The highest BCUT2D eigenvalue weighted by molar-refractivity contribution is 6.31. The number of carbonyl (C=O) groups is 1. The first-order valence-corrected chi connectivity index (χ1v) is 8.63. The number of halogens is 1. The summed E-state index contributed by atoms with van der Waals surface area (Å²) in [6.07, 6.45) is 4.62. The number of benzene rings is 1. The predicted octanol–water partition coefficient (Wildman–Crippen LogP) is 2.79. The van der Waals surface area contributed by atoms with Gasteiger partial charge in [0.1, 0.15) is 11.7 Å². The molecule has 0 saturated carbocycles. The molecular weight excluding hydrogens is 354 g/mol. The lowest BCUT2D eigenvalue weighted by Gasteiger charge is -2.33. The molecule has 0 radical (unpaired) electrons. The number of ether oxygens (including phenoxy) is 1. The highest BCUT2D eigenvalue weighted by Gasteiger charge is 2.27. The summed E-state index contributed by atoms with van der Waals surface area (Å²) in [6, 6.07) is 8.68. The van der Waals surface area contributed by atoms with Crippen LogP contribution in [0.1, 0.15) is 22.0 Å². The van der Waals surface area contributed by atoms with E-state index < -0.39 is 0 Å². The number of carbonyl (C=O) groups excluding carboxylic acids is 1. The molecule has 2 aromatic heterocycles. The molecule has 3 heterocycles. The molecule has 6 nitrogen and oxygen atoms in total. The number of pyridine rings is 2. The molecule has 0 bridgehead atoms. The second-order valence-corrected chi connectivity index (χ2v) is 6.55. The summed E-state index contributed by atoms with van der Waals surface area (Å²) in [5, 5.41) is 0.969. The van der Waals surface area contributed by atoms with Crippen molar-refractivity contribution in [2.75, 3.05) is 19.7 Å². The summed E-state index contributed by atoms with van der Waals surface area (Å²) in [4.78, 5) is 34.4. The van der Waals surface area contributed by atoms with Gasteiger partial charge in [0, 0.05) is 41.1 Å². The van der Waals surface area contributed by atoms with Crippen molar-refractivity contribution in [2.24, 2.45) is 0 Å². The normalized spacial score (nSPS) is 17.4. The van der Waals surface area contributed by atoms with Crippen LogP contribution in [0.2, 0.25) is 5.02 Å². The van der Waals surface area contributed by atoms with E-state index in [0.29, 0.717) is 35.6 Å². The van der Waals surface area contributed by atoms with Gasteiger partial charge in [0.05, 0.1) is 18.7 Å². The average Bonchev–Trinajstić information content (AvgIpc) is 2.68. The Bertz CT molecular complexity index is 1020. The lowest BCUT2D eigenvalue weighted by Crippen LogP contribution is -2.43. The van der Waals surface area contributed by atoms with Crippen molar-refractivity contribution in [3.8, 4) is 0 Å². The van der Waals surface area contributed by atoms with E-state index in [1.807, 2.05) is 12.1 Å². The van der Waals surface area contributed by atoms with Gasteiger partial charge in [-0.2, -0.15) is 0 Å². The molecule has 1 aromatic carbocycles. The monoisotopic (exact) mass is 369 g/mol. The van der Waals surface area contributed by atoms with Gasteiger partial charge < -0.3 is 14.6 Å². The molecule has 26 heavy (non-hydrogen) atoms. The summed E-state index contributed by atoms with van der Waals surface area (Å²) in [5.74, 6) is -0.305. The number of rotatable bonds is 2. The molecule has 0 aliphatic carbocycles. The molecule has 1 fully saturated rings. The molecule has 3 aromatic rings. The van der Waals surface area contributed by atoms with Gasteiger partial charge in [0.25, 0.3) is 5.91 Å². The van der Waals surface area contributed by atoms with Crippen molar-refractivity contribution >= 4 is 28.4 Å². The molecule has 0 unspecified atom stereocenters. The third-order valence-corrected chi connectivity index (χ3v) is 4.72. The fourth-order valence-corrected chi connectivity index (χ4v) is 3.30. The summed E-state index contributed by atoms with van der Waals surface area (Å²) in [6.45, 7) is 1.22. The number of morpholine rings is 1. The van der Waals surface area contributed by atoms with Crippen molar-refractivity contribution < 1.29 is 9.53 Å². The van der Waals surface area contributed by atoms with Crippen molar-refractivity contribution in [1.82, 2.24) is 14.9 Å². The molecule has 4 rings (SSSR count). The molecule has 1 atom stereocenters. The third kappa shape index (κ3) is 3.09. The van der Waals surface area contributed by atoms with Crippen LogP contribution in [0.3, 0.4) is 0 Å². The van der Waals surface area contributed by atoms with Gasteiger partial charge in [-0.25, -0.2) is 0 Å².